The molecule has 0 aromatic heterocycles. The lowest BCUT2D eigenvalue weighted by Crippen LogP contribution is -2.34. The van der Waals surface area contributed by atoms with Crippen molar-refractivity contribution >= 4 is 5.91 Å². The number of aliphatic hydroxyl groups excluding tert-OH is 2. The van der Waals surface area contributed by atoms with Crippen LogP contribution in [0.3, 0.4) is 0 Å². The quantitative estimate of drug-likeness (QED) is 0.863. The molecule has 1 aliphatic rings. The van der Waals surface area contributed by atoms with Crippen LogP contribution in [0.25, 0.3) is 0 Å². The minimum absolute atomic E-state index is 0.0266. The second-order valence-electron chi connectivity index (χ2n) is 4.69. The molecule has 0 saturated carbocycles. The minimum Gasteiger partial charge on any atom is -0.391 e. The Labute approximate surface area is 113 Å². The van der Waals surface area contributed by atoms with E-state index < -0.39 is 36.4 Å². The number of halogens is 3. The number of hydrogen-bond donors (Lipinski definition) is 2. The molecule has 7 heteroatoms. The monoisotopic (exact) mass is 289 g/mol. The average molecular weight is 289 g/mol. The van der Waals surface area contributed by atoms with Gasteiger partial charge in [0.15, 0.2) is 0 Å². The Bertz CT molecular complexity index is 504. The summed E-state index contributed by atoms with van der Waals surface area (Å²) in [6, 6.07) is 4.10. The molecule has 0 unspecified atom stereocenters. The molecule has 2 atom stereocenters. The summed E-state index contributed by atoms with van der Waals surface area (Å²) < 4.78 is 39.0. The molecular weight excluding hydrogens is 275 g/mol. The molecule has 1 fully saturated rings. The van der Waals surface area contributed by atoms with E-state index in [4.69, 9.17) is 5.11 Å². The van der Waals surface area contributed by atoms with Crippen LogP contribution in [0.5, 0.6) is 0 Å². The summed E-state index contributed by atoms with van der Waals surface area (Å²) >= 11 is 0. The fourth-order valence-corrected chi connectivity index (χ4v) is 2.52. The van der Waals surface area contributed by atoms with Crippen molar-refractivity contribution in [2.75, 3.05) is 13.2 Å². The fourth-order valence-electron chi connectivity index (χ4n) is 2.52. The molecule has 0 radical (unpaired) electrons. The Kier molecular flexibility index (Phi) is 4.01. The van der Waals surface area contributed by atoms with Crippen molar-refractivity contribution in [2.24, 2.45) is 0 Å². The predicted molar refractivity (Wildman–Crippen MR) is 63.6 cm³/mol. The van der Waals surface area contributed by atoms with Gasteiger partial charge in [0.1, 0.15) is 6.61 Å². The Morgan fingerprint density at radius 1 is 1.35 bits per heavy atom. The summed E-state index contributed by atoms with van der Waals surface area (Å²) in [6.45, 7) is -0.867. The Hall–Kier alpha value is -1.60. The van der Waals surface area contributed by atoms with Gasteiger partial charge in [0.2, 0.25) is 5.91 Å². The van der Waals surface area contributed by atoms with Crippen LogP contribution < -0.4 is 0 Å². The standard InChI is InChI=1S/C13H14F3NO3/c14-13(15,16)10-4-2-1-3-9(10)11-5-8(19)6-17(11)12(20)7-18/h1-4,8,11,18-19H,5-7H2/t8-,11-/m0/s1. The Morgan fingerprint density at radius 2 is 2.00 bits per heavy atom. The van der Waals surface area contributed by atoms with Gasteiger partial charge in [-0.2, -0.15) is 13.2 Å². The van der Waals surface area contributed by atoms with Gasteiger partial charge in [-0.25, -0.2) is 0 Å². The molecule has 1 amide bonds. The van der Waals surface area contributed by atoms with E-state index in [1.807, 2.05) is 0 Å². The first-order valence-corrected chi connectivity index (χ1v) is 6.09. The van der Waals surface area contributed by atoms with E-state index in [0.717, 1.165) is 11.0 Å². The maximum absolute atomic E-state index is 13.0. The number of benzene rings is 1. The molecular formula is C13H14F3NO3. The van der Waals surface area contributed by atoms with E-state index in [1.54, 1.807) is 0 Å². The van der Waals surface area contributed by atoms with Crippen molar-refractivity contribution in [1.82, 2.24) is 4.90 Å². The predicted octanol–water partition coefficient (Wildman–Crippen LogP) is 1.33. The number of rotatable bonds is 2. The van der Waals surface area contributed by atoms with Gasteiger partial charge >= 0.3 is 6.18 Å². The lowest BCUT2D eigenvalue weighted by Gasteiger charge is -2.26. The zero-order valence-corrected chi connectivity index (χ0v) is 10.5. The molecule has 0 spiro atoms. The van der Waals surface area contributed by atoms with Gasteiger partial charge in [0.25, 0.3) is 0 Å². The molecule has 1 aliphatic heterocycles. The maximum atomic E-state index is 13.0. The van der Waals surface area contributed by atoms with Crippen LogP contribution in [0, 0.1) is 0 Å². The molecule has 0 bridgehead atoms. The van der Waals surface area contributed by atoms with Gasteiger partial charge in [-0.1, -0.05) is 18.2 Å². The van der Waals surface area contributed by atoms with Crippen molar-refractivity contribution in [2.45, 2.75) is 24.7 Å². The molecule has 0 aliphatic carbocycles. The summed E-state index contributed by atoms with van der Waals surface area (Å²) in [5, 5.41) is 18.5. The SMILES string of the molecule is O=C(CO)N1C[C@@H](O)C[C@H]1c1ccccc1C(F)(F)F. The number of likely N-dealkylation sites (tertiary alicyclic amines) is 1. The normalized spacial score (nSPS) is 23.1. The van der Waals surface area contributed by atoms with E-state index in [-0.39, 0.29) is 18.5 Å². The topological polar surface area (TPSA) is 60.8 Å². The van der Waals surface area contributed by atoms with Crippen molar-refractivity contribution < 1.29 is 28.2 Å². The Balaban J connectivity index is 2.42. The van der Waals surface area contributed by atoms with E-state index in [1.165, 1.54) is 18.2 Å². The van der Waals surface area contributed by atoms with Crippen LogP contribution in [0.1, 0.15) is 23.6 Å². The van der Waals surface area contributed by atoms with Crippen molar-refractivity contribution in [3.63, 3.8) is 0 Å². The van der Waals surface area contributed by atoms with E-state index in [2.05, 4.69) is 0 Å². The van der Waals surface area contributed by atoms with Crippen molar-refractivity contribution in [3.05, 3.63) is 35.4 Å². The highest BCUT2D eigenvalue weighted by molar-refractivity contribution is 5.78. The maximum Gasteiger partial charge on any atom is 0.416 e. The first-order chi connectivity index (χ1) is 9.34. The number of alkyl halides is 3. The zero-order chi connectivity index (χ0) is 14.9. The average Bonchev–Trinajstić information content (AvgIpc) is 2.79. The number of β-amino-alcohol motifs (C(OH)–C–C–N with tert-alkyl or cyclic N) is 1. The van der Waals surface area contributed by atoms with E-state index in [9.17, 15) is 23.1 Å². The summed E-state index contributed by atoms with van der Waals surface area (Å²) in [5.41, 5.74) is -0.881. The van der Waals surface area contributed by atoms with Crippen LogP contribution in [0.15, 0.2) is 24.3 Å². The highest BCUT2D eigenvalue weighted by atomic mass is 19.4. The molecule has 1 aromatic rings. The van der Waals surface area contributed by atoms with Gasteiger partial charge in [0, 0.05) is 6.54 Å². The smallest absolute Gasteiger partial charge is 0.391 e. The minimum atomic E-state index is -4.53. The first-order valence-electron chi connectivity index (χ1n) is 6.09. The third kappa shape index (κ3) is 2.78. The summed E-state index contributed by atoms with van der Waals surface area (Å²) in [5.74, 6) is -0.691. The summed E-state index contributed by atoms with van der Waals surface area (Å²) in [6.07, 6.45) is -5.39. The van der Waals surface area contributed by atoms with Gasteiger partial charge < -0.3 is 15.1 Å². The molecule has 2 N–H and O–H groups in total. The van der Waals surface area contributed by atoms with Crippen molar-refractivity contribution in [3.8, 4) is 0 Å². The second-order valence-corrected chi connectivity index (χ2v) is 4.69. The van der Waals surface area contributed by atoms with Gasteiger partial charge in [-0.15, -0.1) is 0 Å². The number of hydrogen-bond acceptors (Lipinski definition) is 3. The Morgan fingerprint density at radius 3 is 2.60 bits per heavy atom. The molecule has 20 heavy (non-hydrogen) atoms. The molecule has 1 aromatic carbocycles. The lowest BCUT2D eigenvalue weighted by atomic mass is 9.97. The number of amides is 1. The fraction of sp³-hybridized carbons (Fsp3) is 0.462. The first kappa shape index (κ1) is 14.8. The molecule has 2 rings (SSSR count). The summed E-state index contributed by atoms with van der Waals surface area (Å²) in [4.78, 5) is 12.7. The highest BCUT2D eigenvalue weighted by Crippen LogP contribution is 2.40. The molecule has 1 heterocycles. The van der Waals surface area contributed by atoms with Crippen molar-refractivity contribution in [1.29, 1.82) is 0 Å². The molecule has 4 nitrogen and oxygen atoms in total. The largest absolute Gasteiger partial charge is 0.416 e. The second kappa shape index (κ2) is 5.41. The zero-order valence-electron chi connectivity index (χ0n) is 10.5. The highest BCUT2D eigenvalue weighted by Gasteiger charge is 2.41. The van der Waals surface area contributed by atoms with E-state index in [0.29, 0.717) is 0 Å². The number of aliphatic hydroxyl groups is 2. The van der Waals surface area contributed by atoms with Crippen LogP contribution >= 0.6 is 0 Å². The summed E-state index contributed by atoms with van der Waals surface area (Å²) in [7, 11) is 0. The van der Waals surface area contributed by atoms with Crippen LogP contribution in [-0.2, 0) is 11.0 Å². The number of nitrogens with zero attached hydrogens (tertiary/aromatic N) is 1. The third-order valence-corrected chi connectivity index (χ3v) is 3.36. The van der Waals surface area contributed by atoms with E-state index >= 15 is 0 Å². The van der Waals surface area contributed by atoms with Crippen LogP contribution in [0.4, 0.5) is 13.2 Å². The third-order valence-electron chi connectivity index (χ3n) is 3.36. The van der Waals surface area contributed by atoms with Gasteiger partial charge in [-0.05, 0) is 18.1 Å². The van der Waals surface area contributed by atoms with Gasteiger partial charge in [0.05, 0.1) is 17.7 Å². The van der Waals surface area contributed by atoms with Crippen LogP contribution in [0.2, 0.25) is 0 Å². The molecule has 110 valence electrons. The lowest BCUT2D eigenvalue weighted by molar-refractivity contribution is -0.141. The molecule has 1 saturated heterocycles. The number of carbonyl (C=O) groups excluding carboxylic acids is 1. The van der Waals surface area contributed by atoms with Crippen LogP contribution in [-0.4, -0.2) is 40.3 Å². The van der Waals surface area contributed by atoms with Gasteiger partial charge in [-0.3, -0.25) is 4.79 Å². The number of carbonyl (C=O) groups is 1.